The minimum atomic E-state index is -2.48. The van der Waals surface area contributed by atoms with Gasteiger partial charge in [-0.1, -0.05) is 42.4 Å². The zero-order valence-electron chi connectivity index (χ0n) is 19.8. The predicted molar refractivity (Wildman–Crippen MR) is 133 cm³/mol. The molecule has 0 saturated heterocycles. The first-order valence-electron chi connectivity index (χ1n) is 12.5. The molecule has 35 heavy (non-hydrogen) atoms. The van der Waals surface area contributed by atoms with Crippen molar-refractivity contribution in [1.29, 1.82) is 0 Å². The van der Waals surface area contributed by atoms with Gasteiger partial charge in [0.2, 0.25) is 0 Å². The smallest absolute Gasteiger partial charge is 0.273 e. The Labute approximate surface area is 208 Å². The normalized spacial score (nSPS) is 20.8. The lowest BCUT2D eigenvalue weighted by Crippen LogP contribution is -2.32. The maximum atomic E-state index is 13.0. The van der Waals surface area contributed by atoms with Gasteiger partial charge in [0.25, 0.3) is 11.6 Å². The number of ketones is 1. The van der Waals surface area contributed by atoms with Gasteiger partial charge in [0.05, 0.1) is 11.2 Å². The van der Waals surface area contributed by atoms with E-state index in [1.165, 1.54) is 24.2 Å². The van der Waals surface area contributed by atoms with Gasteiger partial charge in [-0.3, -0.25) is 14.7 Å². The topological polar surface area (TPSA) is 55.3 Å². The van der Waals surface area contributed by atoms with Crippen LogP contribution >= 0.6 is 11.3 Å². The van der Waals surface area contributed by atoms with Gasteiger partial charge in [-0.25, -0.2) is 13.8 Å². The largest absolute Gasteiger partial charge is 0.464 e. The lowest BCUT2D eigenvalue weighted by atomic mass is 9.78. The molecule has 2 aromatic heterocycles. The fraction of sp³-hybridized carbons (Fsp3) is 0.519. The molecule has 0 atom stereocenters. The van der Waals surface area contributed by atoms with E-state index >= 15 is 0 Å². The van der Waals surface area contributed by atoms with E-state index in [1.54, 1.807) is 6.20 Å². The van der Waals surface area contributed by atoms with Crippen molar-refractivity contribution in [3.05, 3.63) is 52.7 Å². The number of Topliss-reactive ketones (excluding diaryl/α,β-unsaturated/α-hetero) is 1. The van der Waals surface area contributed by atoms with E-state index in [0.717, 1.165) is 72.4 Å². The number of thiazole rings is 1. The summed E-state index contributed by atoms with van der Waals surface area (Å²) < 4.78 is 29.9. The van der Waals surface area contributed by atoms with E-state index in [1.807, 2.05) is 30.3 Å². The van der Waals surface area contributed by atoms with Crippen LogP contribution in [0.5, 0.6) is 5.19 Å². The number of halogens is 2. The molecule has 186 valence electrons. The Bertz CT molecular complexity index is 1160. The molecule has 5 rings (SSSR count). The van der Waals surface area contributed by atoms with E-state index in [0.29, 0.717) is 23.5 Å². The molecule has 2 aliphatic rings. The van der Waals surface area contributed by atoms with Crippen molar-refractivity contribution in [3.8, 4) is 5.19 Å². The molecule has 3 heterocycles. The van der Waals surface area contributed by atoms with Gasteiger partial charge in [-0.05, 0) is 56.2 Å². The van der Waals surface area contributed by atoms with E-state index in [9.17, 15) is 13.6 Å². The van der Waals surface area contributed by atoms with Crippen LogP contribution in [0, 0.1) is 11.8 Å². The maximum Gasteiger partial charge on any atom is 0.273 e. The number of para-hydroxylation sites is 1. The number of nitrogens with zero attached hydrogens (tertiary/aromatic N) is 3. The van der Waals surface area contributed by atoms with Gasteiger partial charge < -0.3 is 4.74 Å². The molecule has 1 aliphatic heterocycles. The Morgan fingerprint density at radius 2 is 1.94 bits per heavy atom. The van der Waals surface area contributed by atoms with Crippen LogP contribution in [0.4, 0.5) is 8.78 Å². The van der Waals surface area contributed by atoms with Crippen molar-refractivity contribution < 1.29 is 18.3 Å². The monoisotopic (exact) mass is 499 g/mol. The third-order valence-electron chi connectivity index (χ3n) is 7.36. The minimum absolute atomic E-state index is 0.233. The summed E-state index contributed by atoms with van der Waals surface area (Å²) in [4.78, 5) is 25.4. The number of ether oxygens (including phenoxy) is 1. The maximum absolute atomic E-state index is 13.0. The number of benzene rings is 1. The van der Waals surface area contributed by atoms with Crippen LogP contribution in [-0.4, -0.2) is 46.8 Å². The summed E-state index contributed by atoms with van der Waals surface area (Å²) in [5.41, 5.74) is 2.66. The third-order valence-corrected chi connectivity index (χ3v) is 8.43. The zero-order valence-corrected chi connectivity index (χ0v) is 20.6. The first kappa shape index (κ1) is 24.3. The molecular weight excluding hydrogens is 468 g/mol. The summed E-state index contributed by atoms with van der Waals surface area (Å²) in [7, 11) is 0. The molecule has 8 heteroatoms. The predicted octanol–water partition coefficient (Wildman–Crippen LogP) is 6.16. The number of carbonyl (C=O) groups is 1. The van der Waals surface area contributed by atoms with Gasteiger partial charge in [-0.15, -0.1) is 0 Å². The van der Waals surface area contributed by atoms with Gasteiger partial charge in [0.15, 0.2) is 12.4 Å². The zero-order chi connectivity index (χ0) is 24.2. The van der Waals surface area contributed by atoms with Crippen molar-refractivity contribution in [2.45, 2.75) is 57.9 Å². The molecule has 1 aliphatic carbocycles. The van der Waals surface area contributed by atoms with Crippen molar-refractivity contribution in [2.24, 2.45) is 11.8 Å². The van der Waals surface area contributed by atoms with Crippen molar-refractivity contribution in [1.82, 2.24) is 14.9 Å². The molecule has 0 N–H and O–H groups in total. The van der Waals surface area contributed by atoms with Gasteiger partial charge in [0.1, 0.15) is 0 Å². The number of fused-ring (bicyclic) bond motifs is 2. The second-order valence-electron chi connectivity index (χ2n) is 9.76. The standard InChI is InChI=1S/C27H31F2N3O2S/c28-26(29)17-34-27-31-23-16-32(14-11-25(23)35-27)13-10-18-5-7-19(8-6-18)15-24(33)21-9-12-30-22-4-2-1-3-20(21)22/h1-4,9,12,18-19,26H,5-8,10-11,13-17H2. The van der Waals surface area contributed by atoms with Crippen LogP contribution in [0.15, 0.2) is 36.5 Å². The van der Waals surface area contributed by atoms with Gasteiger partial charge >= 0.3 is 0 Å². The Hall–Kier alpha value is -2.45. The molecule has 3 aromatic rings. The lowest BCUT2D eigenvalue weighted by molar-refractivity contribution is 0.0815. The summed E-state index contributed by atoms with van der Waals surface area (Å²) in [5.74, 6) is 1.39. The van der Waals surface area contributed by atoms with E-state index in [-0.39, 0.29) is 5.78 Å². The van der Waals surface area contributed by atoms with Crippen LogP contribution in [0.2, 0.25) is 0 Å². The first-order valence-corrected chi connectivity index (χ1v) is 13.4. The third kappa shape index (κ3) is 6.04. The molecular formula is C27H31F2N3O2S. The van der Waals surface area contributed by atoms with Crippen LogP contribution in [0.3, 0.4) is 0 Å². The molecule has 0 bridgehead atoms. The second kappa shape index (κ2) is 11.1. The van der Waals surface area contributed by atoms with Crippen LogP contribution in [0.25, 0.3) is 10.9 Å². The number of aromatic nitrogens is 2. The molecule has 0 amide bonds. The van der Waals surface area contributed by atoms with Crippen molar-refractivity contribution >= 4 is 28.0 Å². The molecule has 1 saturated carbocycles. The van der Waals surface area contributed by atoms with Crippen LogP contribution < -0.4 is 4.74 Å². The fourth-order valence-electron chi connectivity index (χ4n) is 5.42. The molecule has 0 radical (unpaired) electrons. The SMILES string of the molecule is O=C(CC1CCC(CCN2CCc3sc(OCC(F)F)nc3C2)CC1)c1ccnc2ccccc12. The number of hydrogen-bond acceptors (Lipinski definition) is 6. The quantitative estimate of drug-likeness (QED) is 0.330. The summed E-state index contributed by atoms with van der Waals surface area (Å²) in [6.45, 7) is 2.19. The number of hydrogen-bond donors (Lipinski definition) is 0. The van der Waals surface area contributed by atoms with Crippen molar-refractivity contribution in [2.75, 3.05) is 19.7 Å². The van der Waals surface area contributed by atoms with Gasteiger partial charge in [-0.2, -0.15) is 0 Å². The Kier molecular flexibility index (Phi) is 7.68. The highest BCUT2D eigenvalue weighted by molar-refractivity contribution is 7.13. The fourth-order valence-corrected chi connectivity index (χ4v) is 6.33. The first-order chi connectivity index (χ1) is 17.0. The Balaban J connectivity index is 1.06. The van der Waals surface area contributed by atoms with E-state index < -0.39 is 13.0 Å². The molecule has 0 spiro atoms. The van der Waals surface area contributed by atoms with Crippen LogP contribution in [-0.2, 0) is 13.0 Å². The highest BCUT2D eigenvalue weighted by atomic mass is 32.1. The number of pyridine rings is 1. The summed E-state index contributed by atoms with van der Waals surface area (Å²) in [6, 6.07) is 9.71. The average molecular weight is 500 g/mol. The molecule has 1 fully saturated rings. The number of carbonyl (C=O) groups excluding carboxylic acids is 1. The minimum Gasteiger partial charge on any atom is -0.464 e. The highest BCUT2D eigenvalue weighted by Gasteiger charge is 2.26. The molecule has 1 aromatic carbocycles. The Morgan fingerprint density at radius 1 is 1.14 bits per heavy atom. The highest BCUT2D eigenvalue weighted by Crippen LogP contribution is 2.35. The van der Waals surface area contributed by atoms with E-state index in [2.05, 4.69) is 14.9 Å². The molecule has 0 unspecified atom stereocenters. The lowest BCUT2D eigenvalue weighted by Gasteiger charge is -2.31. The number of alkyl halides is 2. The second-order valence-corrected chi connectivity index (χ2v) is 10.8. The number of rotatable bonds is 9. The van der Waals surface area contributed by atoms with E-state index in [4.69, 9.17) is 4.74 Å². The summed E-state index contributed by atoms with van der Waals surface area (Å²) >= 11 is 1.40. The van der Waals surface area contributed by atoms with Crippen LogP contribution in [0.1, 0.15) is 59.5 Å². The molecule has 5 nitrogen and oxygen atoms in total. The summed E-state index contributed by atoms with van der Waals surface area (Å²) in [6.07, 6.45) is 6.52. The van der Waals surface area contributed by atoms with Gasteiger partial charge in [0, 0.05) is 41.5 Å². The average Bonchev–Trinajstić information content (AvgIpc) is 3.29. The Morgan fingerprint density at radius 3 is 2.77 bits per heavy atom. The summed E-state index contributed by atoms with van der Waals surface area (Å²) in [5, 5.41) is 1.32. The van der Waals surface area contributed by atoms with Crippen molar-refractivity contribution in [3.63, 3.8) is 0 Å².